The molecular formula is C20H28N2O3. The number of carbonyl (C=O) groups excluding carboxylic acids is 2. The lowest BCUT2D eigenvalue weighted by Crippen LogP contribution is -2.53. The summed E-state index contributed by atoms with van der Waals surface area (Å²) in [5.74, 6) is -0.322. The van der Waals surface area contributed by atoms with E-state index in [0.29, 0.717) is 19.6 Å². The zero-order valence-electron chi connectivity index (χ0n) is 15.1. The fourth-order valence-electron chi connectivity index (χ4n) is 4.47. The van der Waals surface area contributed by atoms with Crippen LogP contribution in [0.4, 0.5) is 0 Å². The number of nitrogens with two attached hydrogens (primary N) is 1. The molecule has 2 aliphatic rings. The van der Waals surface area contributed by atoms with Crippen LogP contribution in [0.3, 0.4) is 0 Å². The number of primary amides is 1. The van der Waals surface area contributed by atoms with Gasteiger partial charge in [0.2, 0.25) is 11.8 Å². The van der Waals surface area contributed by atoms with Gasteiger partial charge < -0.3 is 15.4 Å². The molecule has 1 heterocycles. The zero-order valence-corrected chi connectivity index (χ0v) is 15.1. The summed E-state index contributed by atoms with van der Waals surface area (Å²) in [7, 11) is 1.60. The fraction of sp³-hybridized carbons (Fsp3) is 0.600. The Morgan fingerprint density at radius 2 is 1.96 bits per heavy atom. The molecule has 0 radical (unpaired) electrons. The summed E-state index contributed by atoms with van der Waals surface area (Å²) in [5, 5.41) is 0. The molecule has 2 N–H and O–H groups in total. The summed E-state index contributed by atoms with van der Waals surface area (Å²) < 4.78 is 5.33. The highest BCUT2D eigenvalue weighted by Crippen LogP contribution is 2.33. The van der Waals surface area contributed by atoms with Crippen molar-refractivity contribution in [1.29, 1.82) is 0 Å². The highest BCUT2D eigenvalue weighted by Gasteiger charge is 2.44. The van der Waals surface area contributed by atoms with E-state index in [4.69, 9.17) is 10.5 Å². The summed E-state index contributed by atoms with van der Waals surface area (Å²) >= 11 is 0. The van der Waals surface area contributed by atoms with Gasteiger partial charge in [0, 0.05) is 13.7 Å². The third-order valence-electron chi connectivity index (χ3n) is 5.58. The molecule has 1 aliphatic carbocycles. The Kier molecular flexibility index (Phi) is 5.42. The number of aryl methyl sites for hydroxylation is 2. The molecule has 3 rings (SSSR count). The molecular weight excluding hydrogens is 316 g/mol. The fourth-order valence-corrected chi connectivity index (χ4v) is 4.47. The zero-order chi connectivity index (χ0) is 17.9. The first-order valence-corrected chi connectivity index (χ1v) is 9.22. The van der Waals surface area contributed by atoms with Crippen molar-refractivity contribution >= 4 is 11.8 Å². The van der Waals surface area contributed by atoms with E-state index in [1.54, 1.807) is 7.11 Å². The number of nitrogens with zero attached hydrogens (tertiary/aromatic N) is 1. The third-order valence-corrected chi connectivity index (χ3v) is 5.58. The number of amides is 2. The first kappa shape index (κ1) is 17.9. The van der Waals surface area contributed by atoms with Crippen molar-refractivity contribution in [2.75, 3.05) is 20.3 Å². The largest absolute Gasteiger partial charge is 0.382 e. The molecule has 1 aromatic carbocycles. The molecule has 0 spiro atoms. The minimum atomic E-state index is -0.578. The Labute approximate surface area is 149 Å². The van der Waals surface area contributed by atoms with Crippen LogP contribution >= 0.6 is 0 Å². The monoisotopic (exact) mass is 344 g/mol. The summed E-state index contributed by atoms with van der Waals surface area (Å²) in [5.41, 5.74) is 8.74. The number of fused-ring (bicyclic) bond motifs is 1. The first-order chi connectivity index (χ1) is 12.0. The molecule has 0 bridgehead atoms. The van der Waals surface area contributed by atoms with Gasteiger partial charge in [-0.3, -0.25) is 9.59 Å². The van der Waals surface area contributed by atoms with E-state index in [0.717, 1.165) is 31.2 Å². The molecule has 1 aromatic rings. The van der Waals surface area contributed by atoms with Crippen LogP contribution in [0.25, 0.3) is 0 Å². The SMILES string of the molecule is COCC1(CC(N)=O)CCCN1C(=O)Cc1ccc2c(c1)CCCC2. The van der Waals surface area contributed by atoms with Gasteiger partial charge in [0.05, 0.1) is 25.0 Å². The Morgan fingerprint density at radius 3 is 2.68 bits per heavy atom. The van der Waals surface area contributed by atoms with E-state index in [2.05, 4.69) is 18.2 Å². The second-order valence-corrected chi connectivity index (χ2v) is 7.44. The Balaban J connectivity index is 1.76. The number of hydrogen-bond donors (Lipinski definition) is 1. The average Bonchev–Trinajstić information content (AvgIpc) is 2.97. The molecule has 2 amide bonds. The van der Waals surface area contributed by atoms with E-state index >= 15 is 0 Å². The predicted octanol–water partition coefficient (Wildman–Crippen LogP) is 1.99. The van der Waals surface area contributed by atoms with Crippen molar-refractivity contribution in [3.8, 4) is 0 Å². The Morgan fingerprint density at radius 1 is 1.20 bits per heavy atom. The van der Waals surface area contributed by atoms with Crippen molar-refractivity contribution in [2.24, 2.45) is 5.73 Å². The number of rotatable bonds is 6. The second-order valence-electron chi connectivity index (χ2n) is 7.44. The first-order valence-electron chi connectivity index (χ1n) is 9.22. The van der Waals surface area contributed by atoms with Crippen LogP contribution in [0.2, 0.25) is 0 Å². The molecule has 1 unspecified atom stereocenters. The number of likely N-dealkylation sites (tertiary alicyclic amines) is 1. The van der Waals surface area contributed by atoms with Gasteiger partial charge >= 0.3 is 0 Å². The van der Waals surface area contributed by atoms with Crippen LogP contribution in [-0.2, 0) is 33.6 Å². The molecule has 0 aromatic heterocycles. The van der Waals surface area contributed by atoms with Crippen molar-refractivity contribution in [3.05, 3.63) is 34.9 Å². The van der Waals surface area contributed by atoms with E-state index in [1.807, 2.05) is 4.90 Å². The topological polar surface area (TPSA) is 72.6 Å². The predicted molar refractivity (Wildman–Crippen MR) is 96.2 cm³/mol. The van der Waals surface area contributed by atoms with Crippen molar-refractivity contribution in [1.82, 2.24) is 4.90 Å². The lowest BCUT2D eigenvalue weighted by Gasteiger charge is -2.37. The van der Waals surface area contributed by atoms with Crippen LogP contribution in [0.15, 0.2) is 18.2 Å². The van der Waals surface area contributed by atoms with E-state index in [-0.39, 0.29) is 18.2 Å². The van der Waals surface area contributed by atoms with Gasteiger partial charge in [-0.25, -0.2) is 0 Å². The lowest BCUT2D eigenvalue weighted by atomic mass is 9.89. The van der Waals surface area contributed by atoms with Crippen LogP contribution in [-0.4, -0.2) is 42.5 Å². The van der Waals surface area contributed by atoms with E-state index < -0.39 is 5.54 Å². The summed E-state index contributed by atoms with van der Waals surface area (Å²) in [6.45, 7) is 1.02. The summed E-state index contributed by atoms with van der Waals surface area (Å²) in [6, 6.07) is 6.44. The van der Waals surface area contributed by atoms with Gasteiger partial charge in [0.25, 0.3) is 0 Å². The van der Waals surface area contributed by atoms with Crippen molar-refractivity contribution in [2.45, 2.75) is 56.9 Å². The molecule has 5 nitrogen and oxygen atoms in total. The van der Waals surface area contributed by atoms with E-state index in [9.17, 15) is 9.59 Å². The van der Waals surface area contributed by atoms with Crippen LogP contribution in [0.5, 0.6) is 0 Å². The van der Waals surface area contributed by atoms with Gasteiger partial charge in [-0.05, 0) is 55.2 Å². The van der Waals surface area contributed by atoms with Gasteiger partial charge in [0.15, 0.2) is 0 Å². The summed E-state index contributed by atoms with van der Waals surface area (Å²) in [6.07, 6.45) is 6.92. The molecule has 1 saturated heterocycles. The highest BCUT2D eigenvalue weighted by molar-refractivity contribution is 5.82. The Hall–Kier alpha value is -1.88. The minimum Gasteiger partial charge on any atom is -0.382 e. The lowest BCUT2D eigenvalue weighted by molar-refractivity contribution is -0.138. The molecule has 1 atom stereocenters. The molecule has 1 fully saturated rings. The quantitative estimate of drug-likeness (QED) is 0.858. The van der Waals surface area contributed by atoms with E-state index in [1.165, 1.54) is 24.0 Å². The maximum Gasteiger partial charge on any atom is 0.227 e. The molecule has 0 saturated carbocycles. The van der Waals surface area contributed by atoms with Crippen molar-refractivity contribution in [3.63, 3.8) is 0 Å². The van der Waals surface area contributed by atoms with Crippen LogP contribution < -0.4 is 5.73 Å². The minimum absolute atomic E-state index is 0.0616. The number of methoxy groups -OCH3 is 1. The van der Waals surface area contributed by atoms with Gasteiger partial charge in [-0.15, -0.1) is 0 Å². The van der Waals surface area contributed by atoms with Crippen LogP contribution in [0, 0.1) is 0 Å². The average molecular weight is 344 g/mol. The molecule has 25 heavy (non-hydrogen) atoms. The number of benzene rings is 1. The maximum atomic E-state index is 13.0. The molecule has 5 heteroatoms. The van der Waals surface area contributed by atoms with Gasteiger partial charge in [-0.1, -0.05) is 18.2 Å². The smallest absolute Gasteiger partial charge is 0.227 e. The van der Waals surface area contributed by atoms with Crippen molar-refractivity contribution < 1.29 is 14.3 Å². The number of ether oxygens (including phenoxy) is 1. The Bertz CT molecular complexity index is 658. The molecule has 136 valence electrons. The normalized spacial score (nSPS) is 22.7. The summed E-state index contributed by atoms with van der Waals surface area (Å²) in [4.78, 5) is 26.4. The highest BCUT2D eigenvalue weighted by atomic mass is 16.5. The number of hydrogen-bond acceptors (Lipinski definition) is 3. The second kappa shape index (κ2) is 7.56. The third kappa shape index (κ3) is 3.87. The number of carbonyl (C=O) groups is 2. The standard InChI is InChI=1S/C20H28N2O3/c1-25-14-20(13-18(21)23)9-4-10-22(20)19(24)12-15-7-8-16-5-2-3-6-17(16)11-15/h7-8,11H,2-6,9-10,12-14H2,1H3,(H2,21,23). The van der Waals surface area contributed by atoms with Gasteiger partial charge in [-0.2, -0.15) is 0 Å². The van der Waals surface area contributed by atoms with Gasteiger partial charge in [0.1, 0.15) is 0 Å². The van der Waals surface area contributed by atoms with Crippen LogP contribution in [0.1, 0.15) is 48.8 Å². The molecule has 1 aliphatic heterocycles. The maximum absolute atomic E-state index is 13.0.